The molecule has 0 N–H and O–H groups in total. The first-order valence-electron chi connectivity index (χ1n) is 9.48. The minimum Gasteiger partial charge on any atom is -0.465 e. The van der Waals surface area contributed by atoms with Crippen LogP contribution in [0, 0.1) is 0 Å². The molecule has 2 heterocycles. The normalized spacial score (nSPS) is 23.5. The topological polar surface area (TPSA) is 36.0 Å². The van der Waals surface area contributed by atoms with Crippen molar-refractivity contribution in [1.29, 1.82) is 0 Å². The van der Waals surface area contributed by atoms with E-state index in [1.165, 1.54) is 45.0 Å². The largest absolute Gasteiger partial charge is 0.465 e. The number of ether oxygens (including phenoxy) is 1. The van der Waals surface area contributed by atoms with E-state index in [1.54, 1.807) is 0 Å². The third-order valence-electron chi connectivity index (χ3n) is 5.64. The van der Waals surface area contributed by atoms with Gasteiger partial charge in [-0.3, -0.25) is 9.80 Å². The number of esters is 1. The van der Waals surface area contributed by atoms with Crippen molar-refractivity contribution in [2.45, 2.75) is 31.8 Å². The average Bonchev–Trinajstić information content (AvgIpc) is 2.65. The highest BCUT2D eigenvalue weighted by Crippen LogP contribution is 2.17. The molecule has 1 aromatic rings. The van der Waals surface area contributed by atoms with E-state index in [0.717, 1.165) is 38.8 Å². The summed E-state index contributed by atoms with van der Waals surface area (Å²) in [5.41, 5.74) is 1.88. The Balaban J connectivity index is 1.43. The van der Waals surface area contributed by atoms with Gasteiger partial charge >= 0.3 is 5.97 Å². The second kappa shape index (κ2) is 8.79. The molecule has 0 aromatic heterocycles. The number of rotatable bonds is 5. The molecule has 1 aromatic carbocycles. The molecular formula is C20H31N3O2. The molecule has 5 nitrogen and oxygen atoms in total. The third-order valence-corrected chi connectivity index (χ3v) is 5.64. The molecule has 1 atom stereocenters. The van der Waals surface area contributed by atoms with Gasteiger partial charge in [-0.15, -0.1) is 0 Å². The van der Waals surface area contributed by atoms with Crippen LogP contribution in [0.4, 0.5) is 0 Å². The van der Waals surface area contributed by atoms with Gasteiger partial charge in [0.25, 0.3) is 0 Å². The summed E-state index contributed by atoms with van der Waals surface area (Å²) in [5, 5.41) is 0. The SMILES string of the molecule is COC(=O)c1ccc(CN2CCN(CC3CCCCN3C)CC2)cc1. The maximum atomic E-state index is 11.5. The first kappa shape index (κ1) is 18.4. The van der Waals surface area contributed by atoms with E-state index in [1.807, 2.05) is 24.3 Å². The highest BCUT2D eigenvalue weighted by Gasteiger charge is 2.24. The number of likely N-dealkylation sites (tertiary alicyclic amines) is 1. The number of hydrogen-bond donors (Lipinski definition) is 0. The minimum absolute atomic E-state index is 0.271. The summed E-state index contributed by atoms with van der Waals surface area (Å²) in [4.78, 5) is 19.2. The van der Waals surface area contributed by atoms with Gasteiger partial charge in [0.1, 0.15) is 0 Å². The minimum atomic E-state index is -0.271. The van der Waals surface area contributed by atoms with Gasteiger partial charge in [0.05, 0.1) is 12.7 Å². The van der Waals surface area contributed by atoms with Crippen LogP contribution in [0.5, 0.6) is 0 Å². The summed E-state index contributed by atoms with van der Waals surface area (Å²) in [6, 6.07) is 8.53. The Labute approximate surface area is 151 Å². The molecule has 3 rings (SSSR count). The van der Waals surface area contributed by atoms with Crippen LogP contribution in [0.3, 0.4) is 0 Å². The van der Waals surface area contributed by atoms with Crippen LogP contribution < -0.4 is 0 Å². The van der Waals surface area contributed by atoms with Gasteiger partial charge in [-0.05, 0) is 44.1 Å². The molecule has 0 saturated carbocycles. The van der Waals surface area contributed by atoms with Gasteiger partial charge in [-0.25, -0.2) is 4.79 Å². The van der Waals surface area contributed by atoms with Crippen LogP contribution >= 0.6 is 0 Å². The first-order valence-corrected chi connectivity index (χ1v) is 9.48. The molecule has 0 bridgehead atoms. The molecule has 2 fully saturated rings. The molecule has 1 unspecified atom stereocenters. The predicted molar refractivity (Wildman–Crippen MR) is 99.8 cm³/mol. The second-order valence-corrected chi connectivity index (χ2v) is 7.40. The van der Waals surface area contributed by atoms with E-state index in [4.69, 9.17) is 4.74 Å². The Morgan fingerprint density at radius 3 is 2.36 bits per heavy atom. The van der Waals surface area contributed by atoms with Crippen LogP contribution in [0.25, 0.3) is 0 Å². The van der Waals surface area contributed by atoms with Crippen molar-refractivity contribution in [2.24, 2.45) is 0 Å². The van der Waals surface area contributed by atoms with Gasteiger partial charge in [-0.1, -0.05) is 18.6 Å². The summed E-state index contributed by atoms with van der Waals surface area (Å²) in [7, 11) is 3.69. The first-order chi connectivity index (χ1) is 12.2. The van der Waals surface area contributed by atoms with Gasteiger partial charge in [-0.2, -0.15) is 0 Å². The summed E-state index contributed by atoms with van der Waals surface area (Å²) in [6.45, 7) is 7.99. The fraction of sp³-hybridized carbons (Fsp3) is 0.650. The molecule has 2 aliphatic heterocycles. The molecule has 2 saturated heterocycles. The fourth-order valence-electron chi connectivity index (χ4n) is 3.93. The molecule has 0 amide bonds. The van der Waals surface area contributed by atoms with Gasteiger partial charge < -0.3 is 9.64 Å². The van der Waals surface area contributed by atoms with Crippen molar-refractivity contribution in [3.8, 4) is 0 Å². The molecule has 5 heteroatoms. The zero-order valence-corrected chi connectivity index (χ0v) is 15.6. The number of likely N-dealkylation sites (N-methyl/N-ethyl adjacent to an activating group) is 1. The zero-order chi connectivity index (χ0) is 17.6. The molecule has 0 aliphatic carbocycles. The molecule has 138 valence electrons. The Morgan fingerprint density at radius 1 is 1.04 bits per heavy atom. The Hall–Kier alpha value is -1.43. The van der Waals surface area contributed by atoms with E-state index in [2.05, 4.69) is 21.7 Å². The molecular weight excluding hydrogens is 314 g/mol. The van der Waals surface area contributed by atoms with Gasteiger partial charge in [0, 0.05) is 45.3 Å². The molecule has 25 heavy (non-hydrogen) atoms. The lowest BCUT2D eigenvalue weighted by Gasteiger charge is -2.40. The van der Waals surface area contributed by atoms with Crippen LogP contribution in [-0.4, -0.2) is 80.1 Å². The smallest absolute Gasteiger partial charge is 0.337 e. The van der Waals surface area contributed by atoms with E-state index >= 15 is 0 Å². The Kier molecular flexibility index (Phi) is 6.45. The average molecular weight is 345 g/mol. The van der Waals surface area contributed by atoms with Gasteiger partial charge in [0.2, 0.25) is 0 Å². The highest BCUT2D eigenvalue weighted by molar-refractivity contribution is 5.89. The number of hydrogen-bond acceptors (Lipinski definition) is 5. The third kappa shape index (κ3) is 5.03. The second-order valence-electron chi connectivity index (χ2n) is 7.40. The summed E-state index contributed by atoms with van der Waals surface area (Å²) in [5.74, 6) is -0.271. The summed E-state index contributed by atoms with van der Waals surface area (Å²) in [6.07, 6.45) is 4.09. The lowest BCUT2D eigenvalue weighted by molar-refractivity contribution is 0.0600. The lowest BCUT2D eigenvalue weighted by atomic mass is 10.0. The van der Waals surface area contributed by atoms with E-state index in [0.29, 0.717) is 5.56 Å². The standard InChI is InChI=1S/C20H31N3O2/c1-21-10-4-3-5-19(21)16-23-13-11-22(12-14-23)15-17-6-8-18(9-7-17)20(24)25-2/h6-9,19H,3-5,10-16H2,1-2H3. The van der Waals surface area contributed by atoms with Crippen LogP contribution in [-0.2, 0) is 11.3 Å². The fourth-order valence-corrected chi connectivity index (χ4v) is 3.93. The number of carbonyl (C=O) groups is 1. The quantitative estimate of drug-likeness (QED) is 0.764. The summed E-state index contributed by atoms with van der Waals surface area (Å²) >= 11 is 0. The van der Waals surface area contributed by atoms with Crippen LogP contribution in [0.15, 0.2) is 24.3 Å². The summed E-state index contributed by atoms with van der Waals surface area (Å²) < 4.78 is 4.75. The number of nitrogens with zero attached hydrogens (tertiary/aromatic N) is 3. The number of carbonyl (C=O) groups excluding carboxylic acids is 1. The maximum absolute atomic E-state index is 11.5. The zero-order valence-electron chi connectivity index (χ0n) is 15.6. The van der Waals surface area contributed by atoms with Crippen molar-refractivity contribution in [1.82, 2.24) is 14.7 Å². The van der Waals surface area contributed by atoms with Crippen LogP contribution in [0.2, 0.25) is 0 Å². The molecule has 2 aliphatic rings. The Bertz CT molecular complexity index is 553. The van der Waals surface area contributed by atoms with E-state index in [-0.39, 0.29) is 5.97 Å². The maximum Gasteiger partial charge on any atom is 0.337 e. The highest BCUT2D eigenvalue weighted by atomic mass is 16.5. The number of piperazine rings is 1. The number of methoxy groups -OCH3 is 1. The van der Waals surface area contributed by atoms with E-state index in [9.17, 15) is 4.79 Å². The number of piperidine rings is 1. The van der Waals surface area contributed by atoms with Crippen LogP contribution in [0.1, 0.15) is 35.2 Å². The van der Waals surface area contributed by atoms with Gasteiger partial charge in [0.15, 0.2) is 0 Å². The number of benzene rings is 1. The van der Waals surface area contributed by atoms with Crippen molar-refractivity contribution < 1.29 is 9.53 Å². The van der Waals surface area contributed by atoms with E-state index < -0.39 is 0 Å². The monoisotopic (exact) mass is 345 g/mol. The Morgan fingerprint density at radius 2 is 1.72 bits per heavy atom. The molecule has 0 spiro atoms. The van der Waals surface area contributed by atoms with Crippen molar-refractivity contribution >= 4 is 5.97 Å². The van der Waals surface area contributed by atoms with Crippen molar-refractivity contribution in [3.05, 3.63) is 35.4 Å². The molecule has 0 radical (unpaired) electrons. The van der Waals surface area contributed by atoms with Crippen molar-refractivity contribution in [3.63, 3.8) is 0 Å². The van der Waals surface area contributed by atoms with Crippen molar-refractivity contribution in [2.75, 3.05) is 53.4 Å². The lowest BCUT2D eigenvalue weighted by Crippen LogP contribution is -2.51. The predicted octanol–water partition coefficient (Wildman–Crippen LogP) is 2.08.